The lowest BCUT2D eigenvalue weighted by Gasteiger charge is -2.10. The number of aromatic amines is 1. The monoisotopic (exact) mass is 319 g/mol. The van der Waals surface area contributed by atoms with Gasteiger partial charge in [-0.15, -0.1) is 11.6 Å². The number of benzene rings is 1. The number of alkyl halides is 1. The number of halogens is 1. The zero-order valence-corrected chi connectivity index (χ0v) is 12.1. The van der Waals surface area contributed by atoms with E-state index in [-0.39, 0.29) is 39.6 Å². The molecule has 2 N–H and O–H groups in total. The van der Waals surface area contributed by atoms with Crippen molar-refractivity contribution in [3.8, 4) is 22.9 Å². The van der Waals surface area contributed by atoms with Crippen LogP contribution in [0, 0.1) is 28.4 Å². The number of aryl methyl sites for hydroxylation is 1. The van der Waals surface area contributed by atoms with Crippen LogP contribution in [0.15, 0.2) is 23.0 Å². The highest BCUT2D eigenvalue weighted by Gasteiger charge is 2.20. The van der Waals surface area contributed by atoms with Crippen LogP contribution in [0.2, 0.25) is 0 Å². The summed E-state index contributed by atoms with van der Waals surface area (Å²) in [6.45, 7) is 1.60. The van der Waals surface area contributed by atoms with E-state index in [1.165, 1.54) is 6.07 Å². The van der Waals surface area contributed by atoms with Gasteiger partial charge in [-0.2, -0.15) is 5.26 Å². The summed E-state index contributed by atoms with van der Waals surface area (Å²) >= 11 is 5.69. The van der Waals surface area contributed by atoms with Gasteiger partial charge < -0.3 is 10.1 Å². The number of nitro groups is 1. The number of aromatic nitrogens is 1. The first-order valence-corrected chi connectivity index (χ1v) is 6.63. The lowest BCUT2D eigenvalue weighted by molar-refractivity contribution is -0.384. The van der Waals surface area contributed by atoms with Crippen LogP contribution >= 0.6 is 11.6 Å². The van der Waals surface area contributed by atoms with Gasteiger partial charge in [0.1, 0.15) is 17.4 Å². The van der Waals surface area contributed by atoms with Crippen LogP contribution < -0.4 is 5.56 Å². The third kappa shape index (κ3) is 2.64. The van der Waals surface area contributed by atoms with Gasteiger partial charge >= 0.3 is 0 Å². The summed E-state index contributed by atoms with van der Waals surface area (Å²) in [7, 11) is 0. The van der Waals surface area contributed by atoms with E-state index in [0.717, 1.165) is 12.1 Å². The van der Waals surface area contributed by atoms with Crippen molar-refractivity contribution in [1.82, 2.24) is 4.98 Å². The van der Waals surface area contributed by atoms with Crippen LogP contribution in [-0.2, 0) is 5.88 Å². The molecule has 0 saturated heterocycles. The molecule has 1 aromatic carbocycles. The Labute approximate surface area is 129 Å². The van der Waals surface area contributed by atoms with E-state index >= 15 is 0 Å². The quantitative estimate of drug-likeness (QED) is 0.511. The molecular weight excluding hydrogens is 310 g/mol. The molecule has 2 aromatic rings. The molecule has 22 heavy (non-hydrogen) atoms. The van der Waals surface area contributed by atoms with Crippen molar-refractivity contribution in [3.05, 3.63) is 55.5 Å². The van der Waals surface area contributed by atoms with Gasteiger partial charge in [-0.25, -0.2) is 0 Å². The van der Waals surface area contributed by atoms with E-state index in [9.17, 15) is 20.0 Å². The lowest BCUT2D eigenvalue weighted by Crippen LogP contribution is -2.13. The van der Waals surface area contributed by atoms with Gasteiger partial charge in [0.2, 0.25) is 0 Å². The summed E-state index contributed by atoms with van der Waals surface area (Å²) in [5.41, 5.74) is -0.403. The van der Waals surface area contributed by atoms with Crippen LogP contribution in [0.4, 0.5) is 5.69 Å². The highest BCUT2D eigenvalue weighted by Crippen LogP contribution is 2.37. The zero-order chi connectivity index (χ0) is 16.4. The van der Waals surface area contributed by atoms with Crippen molar-refractivity contribution >= 4 is 17.3 Å². The van der Waals surface area contributed by atoms with E-state index in [4.69, 9.17) is 16.9 Å². The summed E-state index contributed by atoms with van der Waals surface area (Å²) < 4.78 is 0. The third-order valence-electron chi connectivity index (χ3n) is 3.10. The molecule has 0 unspecified atom stereocenters. The molecule has 0 radical (unpaired) electrons. The maximum atomic E-state index is 11.8. The van der Waals surface area contributed by atoms with Crippen LogP contribution in [0.1, 0.15) is 16.8 Å². The fourth-order valence-corrected chi connectivity index (χ4v) is 2.31. The summed E-state index contributed by atoms with van der Waals surface area (Å²) in [6.07, 6.45) is 0. The summed E-state index contributed by atoms with van der Waals surface area (Å²) in [5.74, 6) is -0.438. The van der Waals surface area contributed by atoms with Crippen LogP contribution in [0.5, 0.6) is 5.75 Å². The number of nitriles is 1. The molecule has 112 valence electrons. The molecule has 1 aromatic heterocycles. The molecule has 0 amide bonds. The second kappa shape index (κ2) is 5.87. The lowest BCUT2D eigenvalue weighted by atomic mass is 9.97. The smallest absolute Gasteiger partial charge is 0.270 e. The molecule has 0 fully saturated rings. The molecule has 1 heterocycles. The Morgan fingerprint density at radius 3 is 2.64 bits per heavy atom. The Kier molecular flexibility index (Phi) is 4.15. The highest BCUT2D eigenvalue weighted by molar-refractivity contribution is 6.17. The summed E-state index contributed by atoms with van der Waals surface area (Å²) in [4.78, 5) is 24.7. The molecule has 0 spiro atoms. The number of phenols is 1. The fourth-order valence-electron chi connectivity index (χ4n) is 2.10. The molecule has 2 rings (SSSR count). The van der Waals surface area contributed by atoms with Crippen LogP contribution in [-0.4, -0.2) is 15.0 Å². The first kappa shape index (κ1) is 15.5. The Bertz CT molecular complexity index is 868. The first-order valence-electron chi connectivity index (χ1n) is 6.09. The van der Waals surface area contributed by atoms with Crippen molar-refractivity contribution in [2.75, 3.05) is 0 Å². The molecular formula is C14H10ClN3O4. The number of nitro benzene ring substituents is 1. The van der Waals surface area contributed by atoms with Gasteiger partial charge in [0.05, 0.1) is 10.8 Å². The number of hydrogen-bond donors (Lipinski definition) is 2. The van der Waals surface area contributed by atoms with Gasteiger partial charge in [0, 0.05) is 34.5 Å². The predicted molar refractivity (Wildman–Crippen MR) is 79.8 cm³/mol. The van der Waals surface area contributed by atoms with Crippen LogP contribution in [0.3, 0.4) is 0 Å². The normalized spacial score (nSPS) is 10.2. The molecule has 8 heteroatoms. The Balaban J connectivity index is 2.89. The maximum absolute atomic E-state index is 11.8. The minimum Gasteiger partial charge on any atom is -0.507 e. The van der Waals surface area contributed by atoms with Gasteiger partial charge in [0.15, 0.2) is 0 Å². The average Bonchev–Trinajstić information content (AvgIpc) is 2.46. The number of aromatic hydroxyl groups is 1. The van der Waals surface area contributed by atoms with Gasteiger partial charge in [-0.3, -0.25) is 14.9 Å². The molecule has 0 aliphatic heterocycles. The molecule has 0 saturated carbocycles. The second-order valence-electron chi connectivity index (χ2n) is 4.57. The third-order valence-corrected chi connectivity index (χ3v) is 3.39. The zero-order valence-electron chi connectivity index (χ0n) is 11.4. The Morgan fingerprint density at radius 2 is 2.09 bits per heavy atom. The number of nitrogens with zero attached hydrogens (tertiary/aromatic N) is 2. The standard InChI is InChI=1S/C14H10ClN3O4/c1-7-2-10(12(6-16)14(20)17-7)11-4-9(18(21)22)3-8(5-15)13(11)19/h2-4,19H,5H2,1H3,(H,17,20). The van der Waals surface area contributed by atoms with Crippen molar-refractivity contribution in [1.29, 1.82) is 5.26 Å². The second-order valence-corrected chi connectivity index (χ2v) is 4.84. The van der Waals surface area contributed by atoms with E-state index in [1.807, 2.05) is 0 Å². The van der Waals surface area contributed by atoms with E-state index in [0.29, 0.717) is 5.69 Å². The van der Waals surface area contributed by atoms with Crippen LogP contribution in [0.25, 0.3) is 11.1 Å². The molecule has 0 aliphatic carbocycles. The SMILES string of the molecule is Cc1cc(-c2cc([N+](=O)[O-])cc(CCl)c2O)c(C#N)c(=O)[nH]1. The van der Waals surface area contributed by atoms with E-state index < -0.39 is 10.5 Å². The van der Waals surface area contributed by atoms with E-state index in [1.54, 1.807) is 13.0 Å². The number of phenolic OH excluding ortho intramolecular Hbond substituents is 1. The number of nitrogens with one attached hydrogen (secondary N) is 1. The van der Waals surface area contributed by atoms with Crippen molar-refractivity contribution in [3.63, 3.8) is 0 Å². The molecule has 0 bridgehead atoms. The van der Waals surface area contributed by atoms with Crippen molar-refractivity contribution in [2.45, 2.75) is 12.8 Å². The molecule has 7 nitrogen and oxygen atoms in total. The molecule has 0 aliphatic rings. The van der Waals surface area contributed by atoms with Crippen molar-refractivity contribution in [2.24, 2.45) is 0 Å². The summed E-state index contributed by atoms with van der Waals surface area (Å²) in [5, 5.41) is 30.4. The first-order chi connectivity index (χ1) is 10.4. The topological polar surface area (TPSA) is 120 Å². The highest BCUT2D eigenvalue weighted by atomic mass is 35.5. The van der Waals surface area contributed by atoms with Gasteiger partial charge in [-0.05, 0) is 13.0 Å². The van der Waals surface area contributed by atoms with Gasteiger partial charge in [-0.1, -0.05) is 0 Å². The Hall–Kier alpha value is -2.85. The largest absolute Gasteiger partial charge is 0.507 e. The number of non-ortho nitro benzene ring substituents is 1. The maximum Gasteiger partial charge on any atom is 0.270 e. The van der Waals surface area contributed by atoms with E-state index in [2.05, 4.69) is 4.98 Å². The Morgan fingerprint density at radius 1 is 1.41 bits per heavy atom. The molecule has 0 atom stereocenters. The fraction of sp³-hybridized carbons (Fsp3) is 0.143. The minimum atomic E-state index is -0.634. The number of hydrogen-bond acceptors (Lipinski definition) is 5. The van der Waals surface area contributed by atoms with Gasteiger partial charge in [0.25, 0.3) is 11.2 Å². The van der Waals surface area contributed by atoms with Crippen molar-refractivity contribution < 1.29 is 10.0 Å². The minimum absolute atomic E-state index is 0.0237. The number of pyridine rings is 1. The summed E-state index contributed by atoms with van der Waals surface area (Å²) in [6, 6.07) is 5.48. The number of H-pyrrole nitrogens is 1. The average molecular weight is 320 g/mol. The number of rotatable bonds is 3. The predicted octanol–water partition coefficient (Wildman–Crippen LogP) is 2.57.